The summed E-state index contributed by atoms with van der Waals surface area (Å²) in [4.78, 5) is 15.1. The van der Waals surface area contributed by atoms with Gasteiger partial charge < -0.3 is 9.64 Å². The Kier molecular flexibility index (Phi) is 5.85. The molecule has 1 aliphatic rings. The maximum Gasteiger partial charge on any atom is 0.293 e. The van der Waals surface area contributed by atoms with E-state index in [1.165, 1.54) is 17.7 Å². The molecular weight excluding hydrogens is 382 g/mol. The highest BCUT2D eigenvalue weighted by Gasteiger charge is 2.25. The minimum Gasteiger partial charge on any atom is -0.497 e. The van der Waals surface area contributed by atoms with E-state index in [4.69, 9.17) is 4.74 Å². The average molecular weight is 405 g/mol. The molecule has 2 aromatic rings. The van der Waals surface area contributed by atoms with Gasteiger partial charge in [0.25, 0.3) is 5.69 Å². The number of methoxy groups -OCH3 is 1. The van der Waals surface area contributed by atoms with Gasteiger partial charge in [0, 0.05) is 45.0 Å². The molecule has 0 saturated carbocycles. The summed E-state index contributed by atoms with van der Waals surface area (Å²) in [5.74, 6) is 0.818. The van der Waals surface area contributed by atoms with Gasteiger partial charge in [0.15, 0.2) is 9.84 Å². The van der Waals surface area contributed by atoms with Gasteiger partial charge in [-0.15, -0.1) is 0 Å². The highest BCUT2D eigenvalue weighted by atomic mass is 32.2. The number of nitro benzene ring substituents is 1. The van der Waals surface area contributed by atoms with E-state index in [1.54, 1.807) is 7.11 Å². The molecule has 8 nitrogen and oxygen atoms in total. The number of hydrogen-bond acceptors (Lipinski definition) is 7. The molecule has 150 valence electrons. The molecule has 0 unspecified atom stereocenters. The monoisotopic (exact) mass is 405 g/mol. The van der Waals surface area contributed by atoms with Gasteiger partial charge in [0.05, 0.1) is 16.9 Å². The highest BCUT2D eigenvalue weighted by molar-refractivity contribution is 7.90. The summed E-state index contributed by atoms with van der Waals surface area (Å²) < 4.78 is 28.6. The van der Waals surface area contributed by atoms with Crippen molar-refractivity contribution in [1.82, 2.24) is 4.90 Å². The largest absolute Gasteiger partial charge is 0.497 e. The third kappa shape index (κ3) is 4.60. The van der Waals surface area contributed by atoms with Gasteiger partial charge in [-0.05, 0) is 29.8 Å². The predicted molar refractivity (Wildman–Crippen MR) is 107 cm³/mol. The highest BCUT2D eigenvalue weighted by Crippen LogP contribution is 2.31. The number of anilines is 1. The smallest absolute Gasteiger partial charge is 0.293 e. The fraction of sp³-hybridized carbons (Fsp3) is 0.368. The molecular formula is C19H23N3O5S. The third-order valence-electron chi connectivity index (χ3n) is 4.85. The van der Waals surface area contributed by atoms with E-state index in [0.717, 1.165) is 37.7 Å². The van der Waals surface area contributed by atoms with Crippen LogP contribution in [0.2, 0.25) is 0 Å². The summed E-state index contributed by atoms with van der Waals surface area (Å²) >= 11 is 0. The van der Waals surface area contributed by atoms with Gasteiger partial charge in [-0.25, -0.2) is 8.42 Å². The summed E-state index contributed by atoms with van der Waals surface area (Å²) in [7, 11) is -1.86. The third-order valence-corrected chi connectivity index (χ3v) is 5.96. The Bertz CT molecular complexity index is 952. The minimum atomic E-state index is -3.49. The second kappa shape index (κ2) is 8.15. The second-order valence-corrected chi connectivity index (χ2v) is 8.81. The molecule has 0 aliphatic carbocycles. The number of nitro groups is 1. The molecule has 0 atom stereocenters. The minimum absolute atomic E-state index is 0.0407. The van der Waals surface area contributed by atoms with Gasteiger partial charge in [0.2, 0.25) is 0 Å². The van der Waals surface area contributed by atoms with Crippen molar-refractivity contribution in [3.05, 3.63) is 58.1 Å². The number of nitrogens with zero attached hydrogens (tertiary/aromatic N) is 3. The average Bonchev–Trinajstić information content (AvgIpc) is 2.68. The molecule has 1 aliphatic heterocycles. The Balaban J connectivity index is 1.69. The van der Waals surface area contributed by atoms with Crippen molar-refractivity contribution in [2.45, 2.75) is 11.4 Å². The van der Waals surface area contributed by atoms with Crippen molar-refractivity contribution >= 4 is 21.2 Å². The first-order valence-corrected chi connectivity index (χ1v) is 10.8. The molecule has 3 rings (SSSR count). The first-order valence-electron chi connectivity index (χ1n) is 8.86. The van der Waals surface area contributed by atoms with Gasteiger partial charge in [-0.1, -0.05) is 12.1 Å². The van der Waals surface area contributed by atoms with Crippen LogP contribution in [0.4, 0.5) is 11.4 Å². The van der Waals surface area contributed by atoms with Crippen LogP contribution in [0.25, 0.3) is 0 Å². The molecule has 28 heavy (non-hydrogen) atoms. The van der Waals surface area contributed by atoms with Crippen molar-refractivity contribution in [2.24, 2.45) is 0 Å². The van der Waals surface area contributed by atoms with Crippen LogP contribution in [0.15, 0.2) is 47.4 Å². The molecule has 0 amide bonds. The van der Waals surface area contributed by atoms with Crippen LogP contribution >= 0.6 is 0 Å². The first kappa shape index (κ1) is 20.1. The van der Waals surface area contributed by atoms with Crippen molar-refractivity contribution in [2.75, 3.05) is 44.4 Å². The van der Waals surface area contributed by atoms with Gasteiger partial charge in [0.1, 0.15) is 11.4 Å². The molecule has 0 bridgehead atoms. The molecule has 0 spiro atoms. The lowest BCUT2D eigenvalue weighted by Crippen LogP contribution is -2.46. The Morgan fingerprint density at radius 1 is 1.07 bits per heavy atom. The molecule has 0 radical (unpaired) electrons. The summed E-state index contributed by atoms with van der Waals surface area (Å²) in [6, 6.07) is 12.0. The first-order chi connectivity index (χ1) is 13.3. The quantitative estimate of drug-likeness (QED) is 0.538. The lowest BCUT2D eigenvalue weighted by atomic mass is 10.1. The van der Waals surface area contributed by atoms with Crippen LogP contribution in [0.1, 0.15) is 5.56 Å². The summed E-state index contributed by atoms with van der Waals surface area (Å²) in [6.45, 7) is 3.59. The van der Waals surface area contributed by atoms with Crippen LogP contribution in [0.5, 0.6) is 5.75 Å². The fourth-order valence-electron chi connectivity index (χ4n) is 3.28. The normalized spacial score (nSPS) is 15.4. The van der Waals surface area contributed by atoms with Crippen LogP contribution in [-0.2, 0) is 16.4 Å². The predicted octanol–water partition coefficient (Wildman–Crippen LogP) is 2.33. The second-order valence-electron chi connectivity index (χ2n) is 6.79. The Morgan fingerprint density at radius 2 is 1.71 bits per heavy atom. The van der Waals surface area contributed by atoms with E-state index < -0.39 is 14.8 Å². The number of ether oxygens (including phenoxy) is 1. The lowest BCUT2D eigenvalue weighted by Gasteiger charge is -2.35. The molecule has 1 heterocycles. The maximum atomic E-state index is 11.7. The number of hydrogen-bond donors (Lipinski definition) is 0. The van der Waals surface area contributed by atoms with Crippen molar-refractivity contribution in [3.63, 3.8) is 0 Å². The van der Waals surface area contributed by atoms with Crippen molar-refractivity contribution < 1.29 is 18.1 Å². The van der Waals surface area contributed by atoms with E-state index >= 15 is 0 Å². The van der Waals surface area contributed by atoms with Crippen LogP contribution in [0, 0.1) is 10.1 Å². The van der Waals surface area contributed by atoms with Crippen LogP contribution in [-0.4, -0.2) is 57.8 Å². The van der Waals surface area contributed by atoms with Crippen molar-refractivity contribution in [3.8, 4) is 5.75 Å². The van der Waals surface area contributed by atoms with E-state index in [9.17, 15) is 18.5 Å². The van der Waals surface area contributed by atoms with Gasteiger partial charge in [-0.2, -0.15) is 0 Å². The van der Waals surface area contributed by atoms with Gasteiger partial charge in [-0.3, -0.25) is 15.0 Å². The van der Waals surface area contributed by atoms with E-state index in [0.29, 0.717) is 18.8 Å². The van der Waals surface area contributed by atoms with Gasteiger partial charge >= 0.3 is 0 Å². The van der Waals surface area contributed by atoms with E-state index in [1.807, 2.05) is 29.2 Å². The zero-order valence-corrected chi connectivity index (χ0v) is 16.7. The topological polar surface area (TPSA) is 93.0 Å². The van der Waals surface area contributed by atoms with Crippen molar-refractivity contribution in [1.29, 1.82) is 0 Å². The van der Waals surface area contributed by atoms with Crippen LogP contribution in [0.3, 0.4) is 0 Å². The standard InChI is InChI=1S/C19H23N3O5S/c1-27-16-5-3-15(4-6-16)14-20-9-11-21(12-10-20)18-8-7-17(28(2,25)26)13-19(18)22(23)24/h3-8,13H,9-12,14H2,1-2H3. The molecule has 2 aromatic carbocycles. The van der Waals surface area contributed by atoms with E-state index in [2.05, 4.69) is 4.90 Å². The number of piperazine rings is 1. The summed E-state index contributed by atoms with van der Waals surface area (Å²) in [6.07, 6.45) is 1.05. The fourth-order valence-corrected chi connectivity index (χ4v) is 3.92. The molecule has 1 saturated heterocycles. The number of rotatable bonds is 6. The molecule has 0 N–H and O–H groups in total. The number of benzene rings is 2. The Hall–Kier alpha value is -2.65. The Labute approximate surface area is 164 Å². The lowest BCUT2D eigenvalue weighted by molar-refractivity contribution is -0.384. The molecule has 0 aromatic heterocycles. The number of sulfone groups is 1. The molecule has 1 fully saturated rings. The molecule has 9 heteroatoms. The zero-order chi connectivity index (χ0) is 20.3. The van der Waals surface area contributed by atoms with Crippen LogP contribution < -0.4 is 9.64 Å². The summed E-state index contributed by atoms with van der Waals surface area (Å²) in [5.41, 5.74) is 1.46. The Morgan fingerprint density at radius 3 is 2.25 bits per heavy atom. The zero-order valence-electron chi connectivity index (χ0n) is 15.9. The SMILES string of the molecule is COc1ccc(CN2CCN(c3ccc(S(C)(=O)=O)cc3[N+](=O)[O-])CC2)cc1. The maximum absolute atomic E-state index is 11.7. The van der Waals surface area contributed by atoms with E-state index in [-0.39, 0.29) is 10.6 Å². The summed E-state index contributed by atoms with van der Waals surface area (Å²) in [5, 5.41) is 11.5.